The van der Waals surface area contributed by atoms with Gasteiger partial charge in [0, 0.05) is 23.9 Å². The number of rotatable bonds is 9. The van der Waals surface area contributed by atoms with Gasteiger partial charge in [0.05, 0.1) is 17.8 Å². The van der Waals surface area contributed by atoms with E-state index in [2.05, 4.69) is 22.1 Å². The Balaban J connectivity index is 1.73. The fourth-order valence-corrected chi connectivity index (χ4v) is 3.66. The van der Waals surface area contributed by atoms with Crippen molar-refractivity contribution in [2.75, 3.05) is 18.2 Å². The third kappa shape index (κ3) is 5.41. The molecule has 0 atom stereocenters. The first-order chi connectivity index (χ1) is 14.9. The Kier molecular flexibility index (Phi) is 7.27. The number of nitro benzene ring substituents is 1. The lowest BCUT2D eigenvalue weighted by Gasteiger charge is -2.09. The third-order valence-electron chi connectivity index (χ3n) is 4.12. The van der Waals surface area contributed by atoms with Crippen LogP contribution in [-0.4, -0.2) is 38.5 Å². The Bertz CT molecular complexity index is 1130. The number of amides is 1. The number of allylic oxidation sites excluding steroid dienone is 1. The standard InChI is InChI=1S/C20H18ClN5O4S/c1-3-9-25-19(13-5-4-6-15(10-13)30-2)23-24-20(25)31-12-18(27)22-14-7-8-16(21)17(11-14)26(28)29/h3-8,10-11H,1,9,12H2,2H3,(H,22,27). The van der Waals surface area contributed by atoms with Crippen LogP contribution in [0.2, 0.25) is 5.02 Å². The van der Waals surface area contributed by atoms with Gasteiger partial charge in [-0.25, -0.2) is 0 Å². The molecule has 0 saturated carbocycles. The summed E-state index contributed by atoms with van der Waals surface area (Å²) >= 11 is 6.99. The molecule has 0 radical (unpaired) electrons. The Hall–Kier alpha value is -3.37. The number of hydrogen-bond donors (Lipinski definition) is 1. The van der Waals surface area contributed by atoms with E-state index in [9.17, 15) is 14.9 Å². The maximum absolute atomic E-state index is 12.4. The molecule has 0 saturated heterocycles. The first-order valence-corrected chi connectivity index (χ1v) is 10.3. The highest BCUT2D eigenvalue weighted by molar-refractivity contribution is 7.99. The number of carbonyl (C=O) groups excluding carboxylic acids is 1. The molecule has 160 valence electrons. The van der Waals surface area contributed by atoms with Gasteiger partial charge in [-0.1, -0.05) is 41.6 Å². The molecule has 0 bridgehead atoms. The number of benzene rings is 2. The van der Waals surface area contributed by atoms with Crippen molar-refractivity contribution in [3.8, 4) is 17.1 Å². The molecule has 0 aliphatic carbocycles. The topological polar surface area (TPSA) is 112 Å². The van der Waals surface area contributed by atoms with E-state index in [0.29, 0.717) is 23.3 Å². The zero-order valence-corrected chi connectivity index (χ0v) is 18.0. The molecular weight excluding hydrogens is 442 g/mol. The van der Waals surface area contributed by atoms with Gasteiger partial charge in [-0.15, -0.1) is 16.8 Å². The van der Waals surface area contributed by atoms with E-state index >= 15 is 0 Å². The van der Waals surface area contributed by atoms with Crippen LogP contribution in [0.15, 0.2) is 60.3 Å². The predicted molar refractivity (Wildman–Crippen MR) is 120 cm³/mol. The summed E-state index contributed by atoms with van der Waals surface area (Å²) < 4.78 is 7.10. The molecule has 3 aromatic rings. The molecule has 2 aromatic carbocycles. The van der Waals surface area contributed by atoms with E-state index in [1.165, 1.54) is 30.0 Å². The number of nitro groups is 1. The first kappa shape index (κ1) is 22.3. The van der Waals surface area contributed by atoms with Crippen molar-refractivity contribution < 1.29 is 14.5 Å². The second kappa shape index (κ2) is 10.1. The lowest BCUT2D eigenvalue weighted by atomic mass is 10.2. The van der Waals surface area contributed by atoms with E-state index in [1.807, 2.05) is 28.8 Å². The molecule has 0 aliphatic heterocycles. The zero-order valence-electron chi connectivity index (χ0n) is 16.4. The van der Waals surface area contributed by atoms with Gasteiger partial charge in [-0.2, -0.15) is 0 Å². The van der Waals surface area contributed by atoms with Crippen molar-refractivity contribution in [3.63, 3.8) is 0 Å². The zero-order chi connectivity index (χ0) is 22.4. The molecule has 1 amide bonds. The van der Waals surface area contributed by atoms with E-state index in [1.54, 1.807) is 13.2 Å². The minimum atomic E-state index is -0.607. The molecule has 31 heavy (non-hydrogen) atoms. The number of aromatic nitrogens is 3. The normalized spacial score (nSPS) is 10.5. The quantitative estimate of drug-likeness (QED) is 0.218. The molecule has 11 heteroatoms. The number of ether oxygens (including phenoxy) is 1. The van der Waals surface area contributed by atoms with Gasteiger partial charge in [0.1, 0.15) is 10.8 Å². The van der Waals surface area contributed by atoms with Crippen LogP contribution in [0.5, 0.6) is 5.75 Å². The fourth-order valence-electron chi connectivity index (χ4n) is 2.72. The molecule has 3 rings (SSSR count). The monoisotopic (exact) mass is 459 g/mol. The Morgan fingerprint density at radius 1 is 1.35 bits per heavy atom. The summed E-state index contributed by atoms with van der Waals surface area (Å²) in [5, 5.41) is 22.6. The average Bonchev–Trinajstić information content (AvgIpc) is 3.16. The summed E-state index contributed by atoms with van der Waals surface area (Å²) in [6.07, 6.45) is 1.71. The van der Waals surface area contributed by atoms with Crippen molar-refractivity contribution in [3.05, 3.63) is 70.3 Å². The summed E-state index contributed by atoms with van der Waals surface area (Å²) in [6, 6.07) is 11.5. The van der Waals surface area contributed by atoms with Gasteiger partial charge >= 0.3 is 0 Å². The lowest BCUT2D eigenvalue weighted by Crippen LogP contribution is -2.14. The number of anilines is 1. The number of thioether (sulfide) groups is 1. The number of methoxy groups -OCH3 is 1. The molecule has 0 fully saturated rings. The second-order valence-corrected chi connectivity index (χ2v) is 7.55. The highest BCUT2D eigenvalue weighted by Crippen LogP contribution is 2.29. The first-order valence-electron chi connectivity index (χ1n) is 8.98. The van der Waals surface area contributed by atoms with Crippen LogP contribution in [0.1, 0.15) is 0 Å². The van der Waals surface area contributed by atoms with Crippen LogP contribution in [0.4, 0.5) is 11.4 Å². The highest BCUT2D eigenvalue weighted by Gasteiger charge is 2.17. The van der Waals surface area contributed by atoms with E-state index < -0.39 is 4.92 Å². The van der Waals surface area contributed by atoms with Crippen molar-refractivity contribution >= 4 is 40.6 Å². The Morgan fingerprint density at radius 2 is 2.16 bits per heavy atom. The third-order valence-corrected chi connectivity index (χ3v) is 5.40. The minimum Gasteiger partial charge on any atom is -0.497 e. The molecule has 0 aliphatic rings. The molecule has 1 aromatic heterocycles. The SMILES string of the molecule is C=CCn1c(SCC(=O)Nc2ccc(Cl)c([N+](=O)[O-])c2)nnc1-c1cccc(OC)c1. The van der Waals surface area contributed by atoms with Gasteiger partial charge in [0.15, 0.2) is 11.0 Å². The van der Waals surface area contributed by atoms with Crippen LogP contribution >= 0.6 is 23.4 Å². The molecule has 1 heterocycles. The number of nitrogens with zero attached hydrogens (tertiary/aromatic N) is 4. The van der Waals surface area contributed by atoms with Crippen molar-refractivity contribution in [1.29, 1.82) is 0 Å². The maximum atomic E-state index is 12.4. The van der Waals surface area contributed by atoms with Crippen LogP contribution < -0.4 is 10.1 Å². The molecule has 9 nitrogen and oxygen atoms in total. The smallest absolute Gasteiger partial charge is 0.289 e. The van der Waals surface area contributed by atoms with Crippen molar-refractivity contribution in [1.82, 2.24) is 14.8 Å². The highest BCUT2D eigenvalue weighted by atomic mass is 35.5. The summed E-state index contributed by atoms with van der Waals surface area (Å²) in [6.45, 7) is 4.22. The summed E-state index contributed by atoms with van der Waals surface area (Å²) in [5.74, 6) is 0.994. The molecule has 1 N–H and O–H groups in total. The number of nitrogens with one attached hydrogen (secondary N) is 1. The number of halogens is 1. The molecule has 0 unspecified atom stereocenters. The summed E-state index contributed by atoms with van der Waals surface area (Å²) in [7, 11) is 1.59. The lowest BCUT2D eigenvalue weighted by molar-refractivity contribution is -0.384. The van der Waals surface area contributed by atoms with Gasteiger partial charge in [-0.3, -0.25) is 19.5 Å². The van der Waals surface area contributed by atoms with Crippen molar-refractivity contribution in [2.24, 2.45) is 0 Å². The number of hydrogen-bond acceptors (Lipinski definition) is 7. The maximum Gasteiger partial charge on any atom is 0.289 e. The minimum absolute atomic E-state index is 0.0000253. The van der Waals surface area contributed by atoms with Gasteiger partial charge in [-0.05, 0) is 24.3 Å². The number of carbonyl (C=O) groups is 1. The van der Waals surface area contributed by atoms with E-state index in [4.69, 9.17) is 16.3 Å². The van der Waals surface area contributed by atoms with Crippen molar-refractivity contribution in [2.45, 2.75) is 11.7 Å². The van der Waals surface area contributed by atoms with Crippen LogP contribution in [-0.2, 0) is 11.3 Å². The average molecular weight is 460 g/mol. The second-order valence-electron chi connectivity index (χ2n) is 6.20. The summed E-state index contributed by atoms with van der Waals surface area (Å²) in [5.41, 5.74) is 0.825. The predicted octanol–water partition coefficient (Wildman–Crippen LogP) is 4.43. The fraction of sp³-hybridized carbons (Fsp3) is 0.150. The van der Waals surface area contributed by atoms with E-state index in [0.717, 1.165) is 5.56 Å². The van der Waals surface area contributed by atoms with Crippen LogP contribution in [0, 0.1) is 10.1 Å². The van der Waals surface area contributed by atoms with Gasteiger partial charge in [0.2, 0.25) is 5.91 Å². The Labute approximate surface area is 187 Å². The Morgan fingerprint density at radius 3 is 2.87 bits per heavy atom. The van der Waals surface area contributed by atoms with Gasteiger partial charge < -0.3 is 10.1 Å². The van der Waals surface area contributed by atoms with E-state index in [-0.39, 0.29) is 28.1 Å². The van der Waals surface area contributed by atoms with Crippen LogP contribution in [0.3, 0.4) is 0 Å². The molecule has 0 spiro atoms. The largest absolute Gasteiger partial charge is 0.497 e. The molecular formula is C20H18ClN5O4S. The van der Waals surface area contributed by atoms with Gasteiger partial charge in [0.25, 0.3) is 5.69 Å². The summed E-state index contributed by atoms with van der Waals surface area (Å²) in [4.78, 5) is 22.7. The van der Waals surface area contributed by atoms with Crippen LogP contribution in [0.25, 0.3) is 11.4 Å².